The average molecular weight is 281 g/mol. The summed E-state index contributed by atoms with van der Waals surface area (Å²) in [6, 6.07) is 0. The number of unbranched alkanes of at least 4 members (excludes halogenated alkanes) is 7. The van der Waals surface area contributed by atoms with Gasteiger partial charge in [0, 0.05) is 25.5 Å². The molecule has 0 aromatic carbocycles. The maximum atomic E-state index is 2.56. The van der Waals surface area contributed by atoms with Gasteiger partial charge in [0.1, 0.15) is 6.17 Å². The Morgan fingerprint density at radius 2 is 1.30 bits per heavy atom. The zero-order chi connectivity index (χ0) is 14.6. The van der Waals surface area contributed by atoms with Crippen molar-refractivity contribution < 1.29 is 0 Å². The van der Waals surface area contributed by atoms with Crippen LogP contribution in [0.4, 0.5) is 0 Å². The second-order valence-corrected chi connectivity index (χ2v) is 6.11. The number of hydrogen-bond donors (Lipinski definition) is 0. The molecule has 1 unspecified atom stereocenters. The molecule has 1 heterocycles. The Balaban J connectivity index is 2.07. The van der Waals surface area contributed by atoms with Crippen molar-refractivity contribution in [3.63, 3.8) is 0 Å². The van der Waals surface area contributed by atoms with E-state index < -0.39 is 0 Å². The SMILES string of the molecule is CCCCCCCCCCN1C=CN(CC)C1CCC. The van der Waals surface area contributed by atoms with E-state index >= 15 is 0 Å². The van der Waals surface area contributed by atoms with Crippen LogP contribution >= 0.6 is 0 Å². The van der Waals surface area contributed by atoms with Gasteiger partial charge in [-0.25, -0.2) is 0 Å². The summed E-state index contributed by atoms with van der Waals surface area (Å²) >= 11 is 0. The summed E-state index contributed by atoms with van der Waals surface area (Å²) in [6.07, 6.45) is 19.1. The Morgan fingerprint density at radius 3 is 1.90 bits per heavy atom. The molecule has 20 heavy (non-hydrogen) atoms. The topological polar surface area (TPSA) is 6.48 Å². The molecule has 1 atom stereocenters. The van der Waals surface area contributed by atoms with Crippen LogP contribution < -0.4 is 0 Å². The molecule has 1 rings (SSSR count). The Kier molecular flexibility index (Phi) is 9.61. The molecular formula is C18H36N2. The predicted octanol–water partition coefficient (Wildman–Crippen LogP) is 5.36. The fourth-order valence-electron chi connectivity index (χ4n) is 3.12. The Labute approximate surface area is 127 Å². The van der Waals surface area contributed by atoms with Crippen LogP contribution in [0, 0.1) is 0 Å². The van der Waals surface area contributed by atoms with Gasteiger partial charge in [-0.1, -0.05) is 65.2 Å². The number of hydrogen-bond acceptors (Lipinski definition) is 2. The van der Waals surface area contributed by atoms with E-state index in [9.17, 15) is 0 Å². The van der Waals surface area contributed by atoms with E-state index in [1.165, 1.54) is 70.8 Å². The van der Waals surface area contributed by atoms with Crippen molar-refractivity contribution in [1.29, 1.82) is 0 Å². The molecule has 0 N–H and O–H groups in total. The first kappa shape index (κ1) is 17.4. The van der Waals surface area contributed by atoms with Crippen molar-refractivity contribution in [3.8, 4) is 0 Å². The first-order valence-corrected chi connectivity index (χ1v) is 9.03. The molecular weight excluding hydrogens is 244 g/mol. The molecule has 0 saturated carbocycles. The molecule has 2 heteroatoms. The van der Waals surface area contributed by atoms with Gasteiger partial charge >= 0.3 is 0 Å². The normalized spacial score (nSPS) is 18.2. The molecule has 1 aliphatic heterocycles. The minimum absolute atomic E-state index is 0.634. The molecule has 0 fully saturated rings. The summed E-state index contributed by atoms with van der Waals surface area (Å²) < 4.78 is 0. The maximum absolute atomic E-state index is 2.56. The van der Waals surface area contributed by atoms with Crippen molar-refractivity contribution in [2.45, 2.75) is 91.1 Å². The second-order valence-electron chi connectivity index (χ2n) is 6.11. The van der Waals surface area contributed by atoms with Gasteiger partial charge < -0.3 is 9.80 Å². The lowest BCUT2D eigenvalue weighted by Gasteiger charge is -2.32. The number of rotatable bonds is 12. The summed E-state index contributed by atoms with van der Waals surface area (Å²) in [6.45, 7) is 9.21. The van der Waals surface area contributed by atoms with Gasteiger partial charge in [-0.05, 0) is 19.8 Å². The van der Waals surface area contributed by atoms with Crippen LogP contribution in [0.25, 0.3) is 0 Å². The van der Waals surface area contributed by atoms with Gasteiger partial charge in [0.25, 0.3) is 0 Å². The molecule has 0 radical (unpaired) electrons. The largest absolute Gasteiger partial charge is 0.356 e. The van der Waals surface area contributed by atoms with Crippen LogP contribution in [-0.2, 0) is 0 Å². The van der Waals surface area contributed by atoms with Crippen LogP contribution in [0.1, 0.15) is 85.0 Å². The van der Waals surface area contributed by atoms with E-state index in [0.29, 0.717) is 6.17 Å². The monoisotopic (exact) mass is 280 g/mol. The number of nitrogens with zero attached hydrogens (tertiary/aromatic N) is 2. The standard InChI is InChI=1S/C18H36N2/c1-4-7-8-9-10-11-12-13-15-20-17-16-19(6-3)18(20)14-5-2/h16-18H,4-15H2,1-3H3. The molecule has 0 saturated heterocycles. The highest BCUT2D eigenvalue weighted by atomic mass is 15.4. The maximum Gasteiger partial charge on any atom is 0.101 e. The van der Waals surface area contributed by atoms with Gasteiger partial charge in [0.15, 0.2) is 0 Å². The molecule has 0 spiro atoms. The van der Waals surface area contributed by atoms with Gasteiger partial charge in [0.2, 0.25) is 0 Å². The zero-order valence-electron chi connectivity index (χ0n) is 14.1. The molecule has 2 nitrogen and oxygen atoms in total. The van der Waals surface area contributed by atoms with Crippen molar-refractivity contribution in [3.05, 3.63) is 12.4 Å². The van der Waals surface area contributed by atoms with Gasteiger partial charge in [-0.3, -0.25) is 0 Å². The van der Waals surface area contributed by atoms with E-state index in [1.807, 2.05) is 0 Å². The molecule has 0 amide bonds. The quantitative estimate of drug-likeness (QED) is 0.444. The Hall–Kier alpha value is -0.660. The van der Waals surface area contributed by atoms with E-state index in [2.05, 4.69) is 43.0 Å². The van der Waals surface area contributed by atoms with Crippen molar-refractivity contribution in [2.24, 2.45) is 0 Å². The Morgan fingerprint density at radius 1 is 0.700 bits per heavy atom. The van der Waals surface area contributed by atoms with E-state index in [1.54, 1.807) is 0 Å². The van der Waals surface area contributed by atoms with Crippen LogP contribution in [0.2, 0.25) is 0 Å². The van der Waals surface area contributed by atoms with E-state index in [0.717, 1.165) is 6.54 Å². The van der Waals surface area contributed by atoms with Crippen molar-refractivity contribution >= 4 is 0 Å². The van der Waals surface area contributed by atoms with Crippen LogP contribution in [0.5, 0.6) is 0 Å². The fraction of sp³-hybridized carbons (Fsp3) is 0.889. The first-order valence-electron chi connectivity index (χ1n) is 9.03. The van der Waals surface area contributed by atoms with E-state index in [4.69, 9.17) is 0 Å². The highest BCUT2D eigenvalue weighted by molar-refractivity contribution is 4.96. The zero-order valence-corrected chi connectivity index (χ0v) is 14.1. The molecule has 0 aliphatic carbocycles. The van der Waals surface area contributed by atoms with Gasteiger partial charge in [0.05, 0.1) is 0 Å². The van der Waals surface area contributed by atoms with Gasteiger partial charge in [-0.15, -0.1) is 0 Å². The molecule has 0 bridgehead atoms. The smallest absolute Gasteiger partial charge is 0.101 e. The van der Waals surface area contributed by atoms with E-state index in [-0.39, 0.29) is 0 Å². The summed E-state index contributed by atoms with van der Waals surface area (Å²) in [7, 11) is 0. The third-order valence-corrected chi connectivity index (χ3v) is 4.40. The molecule has 0 aromatic rings. The minimum Gasteiger partial charge on any atom is -0.356 e. The predicted molar refractivity (Wildman–Crippen MR) is 89.5 cm³/mol. The molecule has 118 valence electrons. The summed E-state index contributed by atoms with van der Waals surface area (Å²) in [4.78, 5) is 5.04. The second kappa shape index (κ2) is 11.0. The van der Waals surface area contributed by atoms with Crippen LogP contribution in [0.15, 0.2) is 12.4 Å². The third kappa shape index (κ3) is 6.19. The van der Waals surface area contributed by atoms with Crippen LogP contribution in [0.3, 0.4) is 0 Å². The summed E-state index contributed by atoms with van der Waals surface area (Å²) in [5.41, 5.74) is 0. The lowest BCUT2D eigenvalue weighted by atomic mass is 10.1. The highest BCUT2D eigenvalue weighted by Crippen LogP contribution is 2.20. The van der Waals surface area contributed by atoms with Crippen molar-refractivity contribution in [1.82, 2.24) is 9.80 Å². The summed E-state index contributed by atoms with van der Waals surface area (Å²) in [5.74, 6) is 0. The first-order chi connectivity index (χ1) is 9.83. The summed E-state index contributed by atoms with van der Waals surface area (Å²) in [5, 5.41) is 0. The van der Waals surface area contributed by atoms with Gasteiger partial charge in [-0.2, -0.15) is 0 Å². The highest BCUT2D eigenvalue weighted by Gasteiger charge is 2.23. The molecule has 1 aliphatic rings. The fourth-order valence-corrected chi connectivity index (χ4v) is 3.12. The van der Waals surface area contributed by atoms with Crippen LogP contribution in [-0.4, -0.2) is 29.1 Å². The van der Waals surface area contributed by atoms with Crippen molar-refractivity contribution in [2.75, 3.05) is 13.1 Å². The lowest BCUT2D eigenvalue weighted by Crippen LogP contribution is -2.38. The Bertz CT molecular complexity index is 250. The molecule has 0 aromatic heterocycles. The third-order valence-electron chi connectivity index (χ3n) is 4.40. The minimum atomic E-state index is 0.634. The average Bonchev–Trinajstić information content (AvgIpc) is 2.84. The lowest BCUT2D eigenvalue weighted by molar-refractivity contribution is 0.145.